The number of halogens is 2. The Labute approximate surface area is 162 Å². The minimum atomic E-state index is -2.79. The highest BCUT2D eigenvalue weighted by Gasteiger charge is 2.41. The van der Waals surface area contributed by atoms with Crippen molar-refractivity contribution in [3.05, 3.63) is 18.3 Å². The normalized spacial score (nSPS) is 17.1. The van der Waals surface area contributed by atoms with E-state index in [-0.39, 0.29) is 22.9 Å². The third-order valence-corrected chi connectivity index (χ3v) is 7.05. The van der Waals surface area contributed by atoms with Crippen molar-refractivity contribution in [2.45, 2.75) is 42.8 Å². The van der Waals surface area contributed by atoms with Gasteiger partial charge in [0, 0.05) is 31.1 Å². The molecule has 1 atom stereocenters. The molecule has 28 heavy (non-hydrogen) atoms. The van der Waals surface area contributed by atoms with E-state index in [0.29, 0.717) is 25.9 Å². The van der Waals surface area contributed by atoms with Crippen molar-refractivity contribution in [1.82, 2.24) is 24.9 Å². The second-order valence-electron chi connectivity index (χ2n) is 7.16. The predicted molar refractivity (Wildman–Crippen MR) is 96.3 cm³/mol. The SMILES string of the molecule is Cn1cc(S(=O)C(C)(C)C2CCN(C(=O)Nc3nnco3)CC2)c(C(F)F)n1. The smallest absolute Gasteiger partial charge is 0.325 e. The molecule has 0 saturated carbocycles. The molecule has 2 aromatic heterocycles. The minimum Gasteiger partial charge on any atom is -0.411 e. The second kappa shape index (κ2) is 7.94. The number of carbonyl (C=O) groups is 1. The van der Waals surface area contributed by atoms with Crippen molar-refractivity contribution < 1.29 is 22.2 Å². The number of rotatable bonds is 5. The molecule has 0 spiro atoms. The standard InChI is InChI=1S/C16H22F2N6O3S/c1-16(2,28(26)11-8-23(3)22-12(11)13(17)18)10-4-6-24(7-5-10)15(25)20-14-21-19-9-27-14/h8-10,13H,4-7H2,1-3H3,(H,20,21,25). The molecular weight excluding hydrogens is 394 g/mol. The molecular formula is C16H22F2N6O3S. The molecule has 1 aliphatic heterocycles. The van der Waals surface area contributed by atoms with E-state index in [2.05, 4.69) is 20.6 Å². The van der Waals surface area contributed by atoms with Crippen LogP contribution in [0.5, 0.6) is 0 Å². The van der Waals surface area contributed by atoms with Crippen LogP contribution in [0.25, 0.3) is 0 Å². The number of hydrogen-bond acceptors (Lipinski definition) is 6. The summed E-state index contributed by atoms with van der Waals surface area (Å²) in [4.78, 5) is 13.9. The van der Waals surface area contributed by atoms with Gasteiger partial charge in [-0.3, -0.25) is 14.2 Å². The van der Waals surface area contributed by atoms with Gasteiger partial charge in [-0.05, 0) is 32.6 Å². The first-order chi connectivity index (χ1) is 13.2. The maximum absolute atomic E-state index is 13.2. The number of alkyl halides is 2. The summed E-state index contributed by atoms with van der Waals surface area (Å²) in [5.74, 6) is -0.00786. The molecule has 1 aliphatic rings. The first kappa shape index (κ1) is 20.4. The van der Waals surface area contributed by atoms with Gasteiger partial charge >= 0.3 is 12.0 Å². The van der Waals surface area contributed by atoms with Gasteiger partial charge in [0.05, 0.1) is 15.7 Å². The Morgan fingerprint density at radius 1 is 1.39 bits per heavy atom. The van der Waals surface area contributed by atoms with E-state index in [0.717, 1.165) is 6.39 Å². The van der Waals surface area contributed by atoms with Crippen LogP contribution in [0.2, 0.25) is 0 Å². The topological polar surface area (TPSA) is 106 Å². The maximum atomic E-state index is 13.2. The van der Waals surface area contributed by atoms with E-state index in [9.17, 15) is 17.8 Å². The average Bonchev–Trinajstić information content (AvgIpc) is 3.30. The van der Waals surface area contributed by atoms with Gasteiger partial charge in [-0.15, -0.1) is 5.10 Å². The summed E-state index contributed by atoms with van der Waals surface area (Å²) >= 11 is 0. The number of aryl methyl sites for hydroxylation is 1. The first-order valence-electron chi connectivity index (χ1n) is 8.75. The van der Waals surface area contributed by atoms with Crippen molar-refractivity contribution >= 4 is 22.8 Å². The molecule has 9 nitrogen and oxygen atoms in total. The molecule has 2 amide bonds. The number of carbonyl (C=O) groups excluding carboxylic acids is 1. The molecule has 3 rings (SSSR count). The fraction of sp³-hybridized carbons (Fsp3) is 0.625. The first-order valence-corrected chi connectivity index (χ1v) is 9.90. The molecule has 2 aromatic rings. The molecule has 1 fully saturated rings. The van der Waals surface area contributed by atoms with Gasteiger partial charge < -0.3 is 9.32 Å². The zero-order valence-electron chi connectivity index (χ0n) is 15.8. The Balaban J connectivity index is 1.65. The number of likely N-dealkylation sites (tertiary alicyclic amines) is 1. The van der Waals surface area contributed by atoms with Gasteiger partial charge in [-0.1, -0.05) is 5.10 Å². The lowest BCUT2D eigenvalue weighted by atomic mass is 9.86. The lowest BCUT2D eigenvalue weighted by molar-refractivity contribution is 0.142. The van der Waals surface area contributed by atoms with Crippen molar-refractivity contribution in [3.8, 4) is 0 Å². The van der Waals surface area contributed by atoms with Gasteiger partial charge in [0.2, 0.25) is 6.39 Å². The van der Waals surface area contributed by atoms with E-state index >= 15 is 0 Å². The summed E-state index contributed by atoms with van der Waals surface area (Å²) in [6.45, 7) is 4.51. The number of nitrogens with one attached hydrogen (secondary N) is 1. The van der Waals surface area contributed by atoms with Crippen molar-refractivity contribution in [2.75, 3.05) is 18.4 Å². The molecule has 3 heterocycles. The number of aromatic nitrogens is 4. The Hall–Kier alpha value is -2.37. The zero-order chi connectivity index (χ0) is 20.5. The van der Waals surface area contributed by atoms with Crippen LogP contribution in [0.4, 0.5) is 19.6 Å². The highest BCUT2D eigenvalue weighted by Crippen LogP contribution is 2.37. The Morgan fingerprint density at radius 2 is 2.07 bits per heavy atom. The molecule has 0 aromatic carbocycles. The van der Waals surface area contributed by atoms with Crippen LogP contribution < -0.4 is 5.32 Å². The highest BCUT2D eigenvalue weighted by molar-refractivity contribution is 7.86. The van der Waals surface area contributed by atoms with E-state index in [4.69, 9.17) is 4.42 Å². The zero-order valence-corrected chi connectivity index (χ0v) is 16.6. The maximum Gasteiger partial charge on any atom is 0.325 e. The summed E-state index contributed by atoms with van der Waals surface area (Å²) in [5.41, 5.74) is -0.440. The Morgan fingerprint density at radius 3 is 2.64 bits per heavy atom. The second-order valence-corrected chi connectivity index (χ2v) is 9.19. The molecule has 12 heteroatoms. The predicted octanol–water partition coefficient (Wildman–Crippen LogP) is 2.57. The van der Waals surface area contributed by atoms with Crippen LogP contribution in [0.1, 0.15) is 38.8 Å². The molecule has 1 unspecified atom stereocenters. The van der Waals surface area contributed by atoms with Crippen LogP contribution >= 0.6 is 0 Å². The van der Waals surface area contributed by atoms with E-state index < -0.39 is 27.7 Å². The van der Waals surface area contributed by atoms with E-state index in [1.807, 2.05) is 13.8 Å². The molecule has 154 valence electrons. The Kier molecular flexibility index (Phi) is 5.77. The molecule has 1 N–H and O–H groups in total. The molecule has 0 aliphatic carbocycles. The average molecular weight is 416 g/mol. The quantitative estimate of drug-likeness (QED) is 0.803. The van der Waals surface area contributed by atoms with Crippen LogP contribution in [0, 0.1) is 5.92 Å². The molecule has 0 bridgehead atoms. The summed E-state index contributed by atoms with van der Waals surface area (Å²) in [6.07, 6.45) is 0.921. The Bertz CT molecular complexity index is 847. The van der Waals surface area contributed by atoms with E-state index in [1.54, 1.807) is 4.90 Å². The third-order valence-electron chi connectivity index (χ3n) is 5.05. The van der Waals surface area contributed by atoms with Gasteiger partial charge in [0.25, 0.3) is 6.43 Å². The molecule has 0 radical (unpaired) electrons. The van der Waals surface area contributed by atoms with Gasteiger partial charge in [0.1, 0.15) is 5.69 Å². The van der Waals surface area contributed by atoms with Gasteiger partial charge in [-0.25, -0.2) is 13.6 Å². The molecule has 1 saturated heterocycles. The number of amides is 2. The van der Waals surface area contributed by atoms with Gasteiger partial charge in [0.15, 0.2) is 0 Å². The third kappa shape index (κ3) is 4.05. The van der Waals surface area contributed by atoms with Crippen LogP contribution in [-0.2, 0) is 17.8 Å². The van der Waals surface area contributed by atoms with Crippen LogP contribution in [0.15, 0.2) is 21.9 Å². The minimum absolute atomic E-state index is 0.00786. The monoisotopic (exact) mass is 416 g/mol. The van der Waals surface area contributed by atoms with Gasteiger partial charge in [-0.2, -0.15) is 5.10 Å². The summed E-state index contributed by atoms with van der Waals surface area (Å²) in [7, 11) is -0.138. The number of nitrogens with zero attached hydrogens (tertiary/aromatic N) is 5. The van der Waals surface area contributed by atoms with Crippen LogP contribution in [0.3, 0.4) is 0 Å². The summed E-state index contributed by atoms with van der Waals surface area (Å²) < 4.78 is 45.0. The number of piperidine rings is 1. The van der Waals surface area contributed by atoms with Crippen molar-refractivity contribution in [3.63, 3.8) is 0 Å². The van der Waals surface area contributed by atoms with Crippen molar-refractivity contribution in [1.29, 1.82) is 0 Å². The highest BCUT2D eigenvalue weighted by atomic mass is 32.2. The van der Waals surface area contributed by atoms with Crippen molar-refractivity contribution in [2.24, 2.45) is 13.0 Å². The fourth-order valence-corrected chi connectivity index (χ4v) is 5.06. The summed E-state index contributed by atoms with van der Waals surface area (Å²) in [5, 5.41) is 13.4. The van der Waals surface area contributed by atoms with Crippen LogP contribution in [-0.4, -0.2) is 53.0 Å². The largest absolute Gasteiger partial charge is 0.411 e. The number of anilines is 1. The number of urea groups is 1. The lowest BCUT2D eigenvalue weighted by Crippen LogP contribution is -2.47. The fourth-order valence-electron chi connectivity index (χ4n) is 3.39. The summed E-state index contributed by atoms with van der Waals surface area (Å²) in [6, 6.07) is -0.335. The number of hydrogen-bond donors (Lipinski definition) is 1. The lowest BCUT2D eigenvalue weighted by Gasteiger charge is -2.39. The van der Waals surface area contributed by atoms with E-state index in [1.165, 1.54) is 17.9 Å².